The van der Waals surface area contributed by atoms with E-state index < -0.39 is 0 Å². The molecule has 1 aliphatic rings. The standard InChI is InChI=1S/C36H40N4O4/c1-9-23-19(3)27-17-33-26(12-14-36(42)44-8)22(6)30(40-33)16-32-24(10-2)20(4)28(38-32)18-34-25(11-13-35(41)43-7)21(5)29(39-34)15-31(23)37-27/h9-10,15-18,37-40H,1-2,11-14H2,3-8H3. The van der Waals surface area contributed by atoms with Gasteiger partial charge in [0.15, 0.2) is 0 Å². The zero-order chi connectivity index (χ0) is 31.7. The van der Waals surface area contributed by atoms with Crippen LogP contribution in [0, 0.1) is 27.7 Å². The Labute approximate surface area is 256 Å². The van der Waals surface area contributed by atoms with Gasteiger partial charge in [0.2, 0.25) is 0 Å². The average Bonchev–Trinajstić information content (AvgIpc) is 3.67. The third kappa shape index (κ3) is 5.55. The van der Waals surface area contributed by atoms with Crippen molar-refractivity contribution in [3.05, 3.63) is 102 Å². The number of hydrogen-bond acceptors (Lipinski definition) is 4. The zero-order valence-electron chi connectivity index (χ0n) is 26.3. The average molecular weight is 593 g/mol. The molecule has 8 bridgehead atoms. The molecule has 8 nitrogen and oxygen atoms in total. The summed E-state index contributed by atoms with van der Waals surface area (Å²) in [4.78, 5) is 38.7. The number of nitrogens with one attached hydrogen (secondary N) is 4. The summed E-state index contributed by atoms with van der Waals surface area (Å²) in [7, 11) is 2.83. The molecule has 5 heterocycles. The van der Waals surface area contributed by atoms with Gasteiger partial charge in [-0.1, -0.05) is 25.3 Å². The lowest BCUT2D eigenvalue weighted by Crippen LogP contribution is -2.13. The third-order valence-corrected chi connectivity index (χ3v) is 8.81. The summed E-state index contributed by atoms with van der Waals surface area (Å²) in [5, 5.41) is 3.73. The Morgan fingerprint density at radius 3 is 1.30 bits per heavy atom. The van der Waals surface area contributed by atoms with Crippen molar-refractivity contribution >= 4 is 48.4 Å². The van der Waals surface area contributed by atoms with Crippen molar-refractivity contribution in [2.24, 2.45) is 0 Å². The summed E-state index contributed by atoms with van der Waals surface area (Å²) < 4.78 is 9.89. The second-order valence-electron chi connectivity index (χ2n) is 11.2. The minimum atomic E-state index is -0.247. The molecule has 0 unspecified atom stereocenters. The van der Waals surface area contributed by atoms with Crippen LogP contribution in [0.2, 0.25) is 0 Å². The van der Waals surface area contributed by atoms with Crippen molar-refractivity contribution in [2.45, 2.75) is 53.4 Å². The van der Waals surface area contributed by atoms with Gasteiger partial charge in [-0.05, 0) is 98.2 Å². The molecule has 8 heteroatoms. The van der Waals surface area contributed by atoms with Gasteiger partial charge in [0, 0.05) is 68.1 Å². The maximum absolute atomic E-state index is 12.1. The van der Waals surface area contributed by atoms with E-state index in [1.807, 2.05) is 12.2 Å². The van der Waals surface area contributed by atoms with E-state index in [0.29, 0.717) is 12.8 Å². The molecule has 5 rings (SSSR count). The number of carbonyl (C=O) groups excluding carboxylic acids is 2. The van der Waals surface area contributed by atoms with Gasteiger partial charge in [-0.2, -0.15) is 0 Å². The summed E-state index contributed by atoms with van der Waals surface area (Å²) in [5.41, 5.74) is 12.1. The summed E-state index contributed by atoms with van der Waals surface area (Å²) >= 11 is 0. The Morgan fingerprint density at radius 1 is 0.591 bits per heavy atom. The van der Waals surface area contributed by atoms with Crippen LogP contribution in [0.5, 0.6) is 0 Å². The predicted octanol–water partition coefficient (Wildman–Crippen LogP) is 3.36. The van der Waals surface area contributed by atoms with Crippen molar-refractivity contribution in [3.63, 3.8) is 0 Å². The summed E-state index contributed by atoms with van der Waals surface area (Å²) in [6.07, 6.45) is 13.8. The Kier molecular flexibility index (Phi) is 8.54. The molecule has 4 N–H and O–H groups in total. The van der Waals surface area contributed by atoms with Crippen molar-refractivity contribution < 1.29 is 19.1 Å². The molecule has 0 spiro atoms. The SMILES string of the molecule is C=Cc1c(C)c2[nH]c1=Cc1[nH]c(c(CCC(=O)OC)c1C)C=c1[nH]c(c(C=C)c1C)=Cc1[nH]c(c(CCC(=O)OC)c1C)C=2. The quantitative estimate of drug-likeness (QED) is 0.207. The predicted molar refractivity (Wildman–Crippen MR) is 176 cm³/mol. The first kappa shape index (κ1) is 30.5. The monoisotopic (exact) mass is 592 g/mol. The number of fused-ring (bicyclic) bond motifs is 8. The molecular weight excluding hydrogens is 552 g/mol. The van der Waals surface area contributed by atoms with Crippen molar-refractivity contribution in [1.82, 2.24) is 19.9 Å². The molecule has 0 aromatic carbocycles. The zero-order valence-corrected chi connectivity index (χ0v) is 26.3. The molecule has 228 valence electrons. The molecule has 0 aliphatic carbocycles. The summed E-state index contributed by atoms with van der Waals surface area (Å²) in [6, 6.07) is 0. The van der Waals surface area contributed by atoms with E-state index in [0.717, 1.165) is 88.7 Å². The number of hydrogen-bond donors (Lipinski definition) is 4. The van der Waals surface area contributed by atoms with Gasteiger partial charge < -0.3 is 29.4 Å². The fourth-order valence-electron chi connectivity index (χ4n) is 6.12. The highest BCUT2D eigenvalue weighted by molar-refractivity contribution is 5.72. The molecule has 0 saturated carbocycles. The number of carbonyl (C=O) groups is 2. The molecule has 0 amide bonds. The number of methoxy groups -OCH3 is 2. The van der Waals surface area contributed by atoms with Gasteiger partial charge in [0.25, 0.3) is 0 Å². The lowest BCUT2D eigenvalue weighted by molar-refractivity contribution is -0.141. The van der Waals surface area contributed by atoms with E-state index >= 15 is 0 Å². The number of aromatic amines is 4. The number of rotatable bonds is 8. The van der Waals surface area contributed by atoms with Gasteiger partial charge in [-0.15, -0.1) is 0 Å². The van der Waals surface area contributed by atoms with E-state index in [-0.39, 0.29) is 24.8 Å². The van der Waals surface area contributed by atoms with Gasteiger partial charge in [-0.3, -0.25) is 9.59 Å². The molecule has 1 aliphatic heterocycles. The smallest absolute Gasteiger partial charge is 0.305 e. The Bertz CT molecular complexity index is 1910. The molecule has 4 aromatic heterocycles. The van der Waals surface area contributed by atoms with E-state index in [2.05, 4.69) is 85.1 Å². The molecule has 44 heavy (non-hydrogen) atoms. The topological polar surface area (TPSA) is 116 Å². The highest BCUT2D eigenvalue weighted by Gasteiger charge is 2.18. The maximum Gasteiger partial charge on any atom is 0.305 e. The number of ether oxygens (including phenoxy) is 2. The Balaban J connectivity index is 1.87. The molecule has 0 atom stereocenters. The van der Waals surface area contributed by atoms with E-state index in [1.54, 1.807) is 0 Å². The molecule has 0 fully saturated rings. The largest absolute Gasteiger partial charge is 0.469 e. The van der Waals surface area contributed by atoms with Gasteiger partial charge in [-0.25, -0.2) is 0 Å². The van der Waals surface area contributed by atoms with Crippen molar-refractivity contribution in [1.29, 1.82) is 0 Å². The first-order chi connectivity index (χ1) is 21.1. The molecule has 0 radical (unpaired) electrons. The van der Waals surface area contributed by atoms with Gasteiger partial charge in [0.05, 0.1) is 14.2 Å². The summed E-state index contributed by atoms with van der Waals surface area (Å²) in [6.45, 7) is 16.5. The van der Waals surface area contributed by atoms with Crippen LogP contribution in [0.15, 0.2) is 13.2 Å². The Hall–Kier alpha value is -4.98. The first-order valence-corrected chi connectivity index (χ1v) is 14.8. The van der Waals surface area contributed by atoms with Crippen LogP contribution in [0.25, 0.3) is 36.5 Å². The van der Waals surface area contributed by atoms with Crippen LogP contribution in [-0.2, 0) is 31.9 Å². The van der Waals surface area contributed by atoms with Crippen LogP contribution in [0.4, 0.5) is 0 Å². The highest BCUT2D eigenvalue weighted by atomic mass is 16.5. The molecular formula is C36H40N4O4. The highest BCUT2D eigenvalue weighted by Crippen LogP contribution is 2.24. The second-order valence-corrected chi connectivity index (χ2v) is 11.2. The van der Waals surface area contributed by atoms with Gasteiger partial charge in [0.1, 0.15) is 0 Å². The van der Waals surface area contributed by atoms with E-state index in [9.17, 15) is 9.59 Å². The Morgan fingerprint density at radius 2 is 0.955 bits per heavy atom. The second kappa shape index (κ2) is 12.3. The fourth-order valence-corrected chi connectivity index (χ4v) is 6.12. The maximum atomic E-state index is 12.1. The number of esters is 2. The van der Waals surface area contributed by atoms with Crippen molar-refractivity contribution in [2.75, 3.05) is 14.2 Å². The minimum absolute atomic E-state index is 0.247. The summed E-state index contributed by atoms with van der Waals surface area (Å²) in [5.74, 6) is -0.495. The van der Waals surface area contributed by atoms with Crippen LogP contribution in [0.1, 0.15) is 80.1 Å². The van der Waals surface area contributed by atoms with E-state index in [4.69, 9.17) is 9.47 Å². The van der Waals surface area contributed by atoms with Crippen LogP contribution < -0.4 is 21.4 Å². The first-order valence-electron chi connectivity index (χ1n) is 14.8. The third-order valence-electron chi connectivity index (χ3n) is 8.81. The normalized spacial score (nSPS) is 12.0. The molecule has 4 aromatic rings. The molecule has 0 saturated heterocycles. The lowest BCUT2D eigenvalue weighted by Gasteiger charge is -2.02. The van der Waals surface area contributed by atoms with Crippen molar-refractivity contribution in [3.8, 4) is 0 Å². The lowest BCUT2D eigenvalue weighted by atomic mass is 10.0. The number of H-pyrrole nitrogens is 4. The van der Waals surface area contributed by atoms with Crippen LogP contribution >= 0.6 is 0 Å². The van der Waals surface area contributed by atoms with Gasteiger partial charge >= 0.3 is 11.9 Å². The van der Waals surface area contributed by atoms with E-state index in [1.165, 1.54) is 14.2 Å². The van der Waals surface area contributed by atoms with Crippen LogP contribution in [-0.4, -0.2) is 46.1 Å². The minimum Gasteiger partial charge on any atom is -0.469 e. The number of aromatic nitrogens is 4. The van der Waals surface area contributed by atoms with Crippen LogP contribution in [0.3, 0.4) is 0 Å². The fraction of sp³-hybridized carbons (Fsp3) is 0.278.